The van der Waals surface area contributed by atoms with Crippen molar-refractivity contribution in [3.05, 3.63) is 53.0 Å². The summed E-state index contributed by atoms with van der Waals surface area (Å²) in [6.45, 7) is 3.27. The molecule has 0 aliphatic carbocycles. The zero-order valence-corrected chi connectivity index (χ0v) is 17.5. The minimum Gasteiger partial charge on any atom is -0.463 e. The molecule has 0 amide bonds. The molecule has 9 nitrogen and oxygen atoms in total. The van der Waals surface area contributed by atoms with Crippen LogP contribution in [-0.4, -0.2) is 40.4 Å². The van der Waals surface area contributed by atoms with Crippen molar-refractivity contribution in [2.45, 2.75) is 44.1 Å². The summed E-state index contributed by atoms with van der Waals surface area (Å²) in [6.07, 6.45) is 0.587. The Morgan fingerprint density at radius 1 is 1.26 bits per heavy atom. The highest BCUT2D eigenvalue weighted by Gasteiger charge is 2.62. The number of aromatic nitrogens is 2. The summed E-state index contributed by atoms with van der Waals surface area (Å²) in [5, 5.41) is 0.615. The van der Waals surface area contributed by atoms with Crippen LogP contribution in [0.5, 0.6) is 0 Å². The number of carbonyl (C=O) groups is 1. The Balaban J connectivity index is 1.53. The second-order valence-corrected chi connectivity index (χ2v) is 8.16. The van der Waals surface area contributed by atoms with E-state index < -0.39 is 36.2 Å². The summed E-state index contributed by atoms with van der Waals surface area (Å²) in [5.74, 6) is -0.175. The molecular weight excluding hydrogens is 426 g/mol. The van der Waals surface area contributed by atoms with Crippen molar-refractivity contribution in [1.29, 1.82) is 0 Å². The van der Waals surface area contributed by atoms with Crippen LogP contribution in [0.3, 0.4) is 0 Å². The molecule has 2 aromatic heterocycles. The number of nitrogen functional groups attached to an aromatic ring is 1. The van der Waals surface area contributed by atoms with E-state index in [4.69, 9.17) is 40.7 Å². The van der Waals surface area contributed by atoms with Gasteiger partial charge in [0.15, 0.2) is 17.7 Å². The van der Waals surface area contributed by atoms with Crippen molar-refractivity contribution < 1.29 is 28.2 Å². The van der Waals surface area contributed by atoms with Gasteiger partial charge < -0.3 is 29.1 Å². The third kappa shape index (κ3) is 3.34. The standard InChI is InChI=1S/C21H20ClN3O6/c1-10(26)27-8-14-18-21(2,31-20(30-18)11-3-5-12(22)6-4-11)17(29-14)13-7-28-16-15(13)24-9-25-19(16)23/h3-7,9,14,17-18,20H,8H2,1-2H3,(H2,23,24,25)/t14-,17+,18-,20?,21+/m1/s1. The van der Waals surface area contributed by atoms with Gasteiger partial charge in [0.25, 0.3) is 0 Å². The van der Waals surface area contributed by atoms with Gasteiger partial charge in [-0.2, -0.15) is 0 Å². The number of furan rings is 1. The fourth-order valence-corrected chi connectivity index (χ4v) is 4.32. The van der Waals surface area contributed by atoms with Crippen molar-refractivity contribution in [1.82, 2.24) is 9.97 Å². The molecule has 0 radical (unpaired) electrons. The van der Waals surface area contributed by atoms with E-state index in [-0.39, 0.29) is 12.4 Å². The second kappa shape index (κ2) is 7.45. The molecule has 5 rings (SSSR count). The number of hydrogen-bond donors (Lipinski definition) is 1. The number of rotatable bonds is 4. The van der Waals surface area contributed by atoms with E-state index in [0.717, 1.165) is 5.56 Å². The summed E-state index contributed by atoms with van der Waals surface area (Å²) >= 11 is 6.01. The molecular formula is C21H20ClN3O6. The van der Waals surface area contributed by atoms with Crippen molar-refractivity contribution >= 4 is 34.5 Å². The molecule has 1 aromatic carbocycles. The maximum atomic E-state index is 11.4. The Hall–Kier alpha value is -2.72. The molecule has 2 N–H and O–H groups in total. The van der Waals surface area contributed by atoms with Crippen LogP contribution in [0.4, 0.5) is 5.82 Å². The Bertz CT molecular complexity index is 1140. The van der Waals surface area contributed by atoms with Crippen LogP contribution in [0, 0.1) is 0 Å². The van der Waals surface area contributed by atoms with Crippen LogP contribution in [0.15, 0.2) is 41.3 Å². The van der Waals surface area contributed by atoms with E-state index in [1.165, 1.54) is 19.5 Å². The third-order valence-corrected chi connectivity index (χ3v) is 5.90. The van der Waals surface area contributed by atoms with Gasteiger partial charge in [-0.1, -0.05) is 23.7 Å². The first-order valence-electron chi connectivity index (χ1n) is 9.72. The van der Waals surface area contributed by atoms with Crippen LogP contribution in [0.2, 0.25) is 5.02 Å². The van der Waals surface area contributed by atoms with Crippen molar-refractivity contribution in [2.24, 2.45) is 0 Å². The summed E-state index contributed by atoms with van der Waals surface area (Å²) in [5.41, 5.74) is 7.38. The zero-order valence-electron chi connectivity index (χ0n) is 16.8. The zero-order chi connectivity index (χ0) is 21.8. The number of hydrogen-bond acceptors (Lipinski definition) is 9. The van der Waals surface area contributed by atoms with Gasteiger partial charge in [-0.3, -0.25) is 4.79 Å². The lowest BCUT2D eigenvalue weighted by atomic mass is 9.89. The molecule has 2 fully saturated rings. The molecule has 1 unspecified atom stereocenters. The van der Waals surface area contributed by atoms with Gasteiger partial charge in [0.05, 0.1) is 6.26 Å². The molecule has 0 spiro atoms. The molecule has 0 saturated carbocycles. The predicted molar refractivity (Wildman–Crippen MR) is 109 cm³/mol. The smallest absolute Gasteiger partial charge is 0.302 e. The third-order valence-electron chi connectivity index (χ3n) is 5.65. The quantitative estimate of drug-likeness (QED) is 0.603. The molecule has 2 saturated heterocycles. The molecule has 2 aliphatic rings. The fraction of sp³-hybridized carbons (Fsp3) is 0.381. The summed E-state index contributed by atoms with van der Waals surface area (Å²) in [6, 6.07) is 7.23. The lowest BCUT2D eigenvalue weighted by molar-refractivity contribution is -0.165. The molecule has 162 valence electrons. The van der Waals surface area contributed by atoms with Gasteiger partial charge in [0, 0.05) is 23.1 Å². The molecule has 0 bridgehead atoms. The second-order valence-electron chi connectivity index (χ2n) is 7.73. The first kappa shape index (κ1) is 20.2. The summed E-state index contributed by atoms with van der Waals surface area (Å²) < 4.78 is 29.8. The van der Waals surface area contributed by atoms with Gasteiger partial charge in [0.2, 0.25) is 0 Å². The Morgan fingerprint density at radius 2 is 2.03 bits per heavy atom. The molecule has 5 atom stereocenters. The van der Waals surface area contributed by atoms with Crippen molar-refractivity contribution in [3.8, 4) is 0 Å². The predicted octanol–water partition coefficient (Wildman–Crippen LogP) is 3.33. The molecule has 4 heterocycles. The van der Waals surface area contributed by atoms with Gasteiger partial charge in [-0.05, 0) is 19.1 Å². The monoisotopic (exact) mass is 445 g/mol. The number of benzene rings is 1. The lowest BCUT2D eigenvalue weighted by Gasteiger charge is -2.27. The molecule has 3 aromatic rings. The van der Waals surface area contributed by atoms with Crippen molar-refractivity contribution in [2.75, 3.05) is 12.3 Å². The highest BCUT2D eigenvalue weighted by atomic mass is 35.5. The highest BCUT2D eigenvalue weighted by molar-refractivity contribution is 6.30. The number of ether oxygens (including phenoxy) is 4. The molecule has 10 heteroatoms. The fourth-order valence-electron chi connectivity index (χ4n) is 4.19. The lowest BCUT2D eigenvalue weighted by Crippen LogP contribution is -2.40. The first-order chi connectivity index (χ1) is 14.9. The SMILES string of the molecule is CC(=O)OC[C@H]1O[C@@H](c2coc3c(N)ncnc23)[C@]2(C)OC(c3ccc(Cl)cc3)O[C@H]12. The number of esters is 1. The maximum Gasteiger partial charge on any atom is 0.302 e. The van der Waals surface area contributed by atoms with Gasteiger partial charge in [-0.15, -0.1) is 0 Å². The van der Waals surface area contributed by atoms with Crippen LogP contribution < -0.4 is 5.73 Å². The average Bonchev–Trinajstić information content (AvgIpc) is 3.38. The van der Waals surface area contributed by atoms with E-state index in [1.54, 1.807) is 12.1 Å². The highest BCUT2D eigenvalue weighted by Crippen LogP contribution is 2.54. The number of anilines is 1. The maximum absolute atomic E-state index is 11.4. The van der Waals surface area contributed by atoms with Gasteiger partial charge in [-0.25, -0.2) is 9.97 Å². The largest absolute Gasteiger partial charge is 0.463 e. The van der Waals surface area contributed by atoms with Crippen LogP contribution in [0.25, 0.3) is 11.1 Å². The minimum absolute atomic E-state index is 0.0235. The van der Waals surface area contributed by atoms with Gasteiger partial charge in [0.1, 0.15) is 42.4 Å². The Kier molecular flexibility index (Phi) is 4.86. The van der Waals surface area contributed by atoms with Crippen LogP contribution in [0.1, 0.15) is 37.4 Å². The van der Waals surface area contributed by atoms with Crippen LogP contribution >= 0.6 is 11.6 Å². The number of halogens is 1. The normalized spacial score (nSPS) is 29.9. The number of carbonyl (C=O) groups excluding carboxylic acids is 1. The van der Waals surface area contributed by atoms with E-state index in [9.17, 15) is 4.79 Å². The topological polar surface area (TPSA) is 119 Å². The number of fused-ring (bicyclic) bond motifs is 2. The van der Waals surface area contributed by atoms with Crippen molar-refractivity contribution in [3.63, 3.8) is 0 Å². The Morgan fingerprint density at radius 3 is 2.77 bits per heavy atom. The molecule has 31 heavy (non-hydrogen) atoms. The first-order valence-corrected chi connectivity index (χ1v) is 10.1. The van der Waals surface area contributed by atoms with Gasteiger partial charge >= 0.3 is 5.97 Å². The van der Waals surface area contributed by atoms with E-state index in [1.807, 2.05) is 19.1 Å². The van der Waals surface area contributed by atoms with E-state index >= 15 is 0 Å². The molecule has 2 aliphatic heterocycles. The minimum atomic E-state index is -0.911. The van der Waals surface area contributed by atoms with E-state index in [0.29, 0.717) is 21.7 Å². The van der Waals surface area contributed by atoms with Crippen LogP contribution in [-0.2, 0) is 23.7 Å². The average molecular weight is 446 g/mol. The Labute approximate surface area is 182 Å². The summed E-state index contributed by atoms with van der Waals surface area (Å²) in [7, 11) is 0. The number of nitrogens with zero attached hydrogens (tertiary/aromatic N) is 2. The van der Waals surface area contributed by atoms with E-state index in [2.05, 4.69) is 9.97 Å². The number of nitrogens with two attached hydrogens (primary N) is 1. The summed E-state index contributed by atoms with van der Waals surface area (Å²) in [4.78, 5) is 19.7.